The average Bonchev–Trinajstić information content (AvgIpc) is 3.62. The molecule has 0 fully saturated rings. The van der Waals surface area contributed by atoms with Crippen LogP contribution in [0.4, 0.5) is 0 Å². The van der Waals surface area contributed by atoms with Gasteiger partial charge in [-0.05, 0) is 39.4 Å². The minimum absolute atomic E-state index is 0.298. The molecule has 0 radical (unpaired) electrons. The highest BCUT2D eigenvalue weighted by atomic mass is 14.9. The first-order valence-corrected chi connectivity index (χ1v) is 12.5. The van der Waals surface area contributed by atoms with Gasteiger partial charge < -0.3 is 9.97 Å². The number of benzene rings is 5. The molecule has 3 heterocycles. The molecular weight excluding hydrogens is 456 g/mol. The summed E-state index contributed by atoms with van der Waals surface area (Å²) in [6.45, 7) is 4.30. The molecule has 8 rings (SSSR count). The van der Waals surface area contributed by atoms with Crippen molar-refractivity contribution in [3.8, 4) is 11.1 Å². The number of fused-ring (bicyclic) bond motifs is 12. The maximum atomic E-state index is 4.97. The summed E-state index contributed by atoms with van der Waals surface area (Å²) in [6.07, 6.45) is 5.30. The fourth-order valence-corrected chi connectivity index (χ4v) is 5.70. The van der Waals surface area contributed by atoms with Gasteiger partial charge in [0.05, 0.1) is 33.9 Å². The van der Waals surface area contributed by atoms with Crippen LogP contribution < -0.4 is 0 Å². The smallest absolute Gasteiger partial charge is 0.116 e. The zero-order valence-corrected chi connectivity index (χ0v) is 20.4. The monoisotopic (exact) mass is 478 g/mol. The number of H-pyrrole nitrogens is 2. The van der Waals surface area contributed by atoms with Crippen LogP contribution in [0.25, 0.3) is 76.4 Å². The van der Waals surface area contributed by atoms with Crippen LogP contribution in [0.2, 0.25) is 0 Å². The molecule has 0 unspecified atom stereocenters. The van der Waals surface area contributed by atoms with Gasteiger partial charge in [-0.2, -0.15) is 0 Å². The molecule has 5 aromatic carbocycles. The van der Waals surface area contributed by atoms with E-state index in [0.29, 0.717) is 5.92 Å². The van der Waals surface area contributed by atoms with Gasteiger partial charge in [-0.15, -0.1) is 0 Å². The number of aromatic nitrogens is 6. The summed E-state index contributed by atoms with van der Waals surface area (Å²) in [5, 5.41) is 7.99. The second kappa shape index (κ2) is 7.34. The predicted molar refractivity (Wildman–Crippen MR) is 151 cm³/mol. The molecule has 6 heteroatoms. The molecule has 37 heavy (non-hydrogen) atoms. The first-order valence-electron chi connectivity index (χ1n) is 12.5. The summed E-state index contributed by atoms with van der Waals surface area (Å²) < 4.78 is 0. The molecule has 3 aromatic heterocycles. The first-order chi connectivity index (χ1) is 18.2. The minimum Gasteiger partial charge on any atom is -0.344 e. The number of hydrogen-bond acceptors (Lipinski definition) is 4. The van der Waals surface area contributed by atoms with Crippen molar-refractivity contribution in [3.05, 3.63) is 85.3 Å². The van der Waals surface area contributed by atoms with Crippen LogP contribution in [0.5, 0.6) is 0 Å². The van der Waals surface area contributed by atoms with Crippen molar-refractivity contribution in [2.24, 2.45) is 0 Å². The summed E-state index contributed by atoms with van der Waals surface area (Å²) in [4.78, 5) is 25.4. The van der Waals surface area contributed by atoms with Gasteiger partial charge in [0.25, 0.3) is 0 Å². The van der Waals surface area contributed by atoms with Crippen molar-refractivity contribution in [3.63, 3.8) is 0 Å². The van der Waals surface area contributed by atoms with Crippen molar-refractivity contribution in [2.75, 3.05) is 0 Å². The number of rotatable bonds is 2. The summed E-state index contributed by atoms with van der Waals surface area (Å²) in [5.74, 6) is 1.27. The molecule has 2 N–H and O–H groups in total. The van der Waals surface area contributed by atoms with Gasteiger partial charge >= 0.3 is 0 Å². The van der Waals surface area contributed by atoms with E-state index in [9.17, 15) is 0 Å². The van der Waals surface area contributed by atoms with Crippen LogP contribution in [-0.4, -0.2) is 29.9 Å². The molecule has 0 amide bonds. The second-order valence-electron chi connectivity index (χ2n) is 9.98. The van der Waals surface area contributed by atoms with Gasteiger partial charge in [0, 0.05) is 33.7 Å². The van der Waals surface area contributed by atoms with Crippen LogP contribution in [0.1, 0.15) is 25.6 Å². The summed E-state index contributed by atoms with van der Waals surface area (Å²) in [5.41, 5.74) is 7.23. The van der Waals surface area contributed by atoms with E-state index in [1.807, 2.05) is 6.20 Å². The van der Waals surface area contributed by atoms with E-state index in [1.54, 1.807) is 12.7 Å². The van der Waals surface area contributed by atoms with Crippen molar-refractivity contribution in [1.29, 1.82) is 0 Å². The SMILES string of the molecule is CC(C)c1nc2c3ccc(-c4ccc5c(c4)c4ccccc4c4nc[nH]c54)cc3c3cncnc3c2[nH]1. The maximum Gasteiger partial charge on any atom is 0.116 e. The predicted octanol–water partition coefficient (Wildman–Crippen LogP) is 7.63. The topological polar surface area (TPSA) is 83.1 Å². The molecule has 0 aliphatic carbocycles. The molecule has 0 spiro atoms. The molecule has 176 valence electrons. The quantitative estimate of drug-likeness (QED) is 0.250. The fraction of sp³-hybridized carbons (Fsp3) is 0.0968. The Morgan fingerprint density at radius 3 is 2.16 bits per heavy atom. The largest absolute Gasteiger partial charge is 0.344 e. The average molecular weight is 479 g/mol. The highest BCUT2D eigenvalue weighted by molar-refractivity contribution is 6.24. The molecule has 0 atom stereocenters. The number of imidazole rings is 2. The third-order valence-corrected chi connectivity index (χ3v) is 7.52. The van der Waals surface area contributed by atoms with Crippen LogP contribution >= 0.6 is 0 Å². The highest BCUT2D eigenvalue weighted by Crippen LogP contribution is 2.38. The molecule has 0 saturated heterocycles. The molecule has 0 saturated carbocycles. The number of nitrogens with zero attached hydrogens (tertiary/aromatic N) is 4. The Kier molecular flexibility index (Phi) is 4.04. The van der Waals surface area contributed by atoms with E-state index >= 15 is 0 Å². The molecule has 8 aromatic rings. The van der Waals surface area contributed by atoms with Crippen LogP contribution in [0.15, 0.2) is 79.5 Å². The van der Waals surface area contributed by atoms with Gasteiger partial charge in [-0.1, -0.05) is 62.4 Å². The lowest BCUT2D eigenvalue weighted by molar-refractivity contribution is 0.799. The van der Waals surface area contributed by atoms with E-state index in [-0.39, 0.29) is 0 Å². The summed E-state index contributed by atoms with van der Waals surface area (Å²) in [7, 11) is 0. The van der Waals surface area contributed by atoms with Crippen molar-refractivity contribution in [1.82, 2.24) is 29.9 Å². The van der Waals surface area contributed by atoms with E-state index in [4.69, 9.17) is 4.98 Å². The standard InChI is InChI=1S/C31H22N6/c1-16(2)31-36-29-22-10-8-18(12-24(22)25-13-32-14-33-28(25)30(29)37-31)17-7-9-21-23(11-17)19-5-3-4-6-20(19)26-27(21)35-15-34-26/h3-16H,1-2H3,(H,34,35)(H,36,37). The lowest BCUT2D eigenvalue weighted by Gasteiger charge is -2.11. The second-order valence-corrected chi connectivity index (χ2v) is 9.98. The third-order valence-electron chi connectivity index (χ3n) is 7.52. The fourth-order valence-electron chi connectivity index (χ4n) is 5.70. The Labute approximate surface area is 211 Å². The molecular formula is C31H22N6. The van der Waals surface area contributed by atoms with Gasteiger partial charge in [-0.3, -0.25) is 0 Å². The van der Waals surface area contributed by atoms with E-state index in [0.717, 1.165) is 66.1 Å². The number of nitrogens with one attached hydrogen (secondary N) is 2. The normalized spacial score (nSPS) is 12.3. The Bertz CT molecular complexity index is 2180. The summed E-state index contributed by atoms with van der Waals surface area (Å²) in [6, 6.07) is 21.8. The Morgan fingerprint density at radius 2 is 1.35 bits per heavy atom. The Hall–Kier alpha value is -4.84. The number of aromatic amines is 2. The van der Waals surface area contributed by atoms with Gasteiger partial charge in [-0.25, -0.2) is 19.9 Å². The van der Waals surface area contributed by atoms with Crippen LogP contribution in [0, 0.1) is 0 Å². The zero-order chi connectivity index (χ0) is 24.7. The Balaban J connectivity index is 1.43. The first kappa shape index (κ1) is 20.4. The molecule has 0 aliphatic rings. The molecule has 6 nitrogen and oxygen atoms in total. The van der Waals surface area contributed by atoms with Gasteiger partial charge in [0.2, 0.25) is 0 Å². The van der Waals surface area contributed by atoms with Gasteiger partial charge in [0.1, 0.15) is 12.2 Å². The van der Waals surface area contributed by atoms with Crippen molar-refractivity contribution >= 4 is 65.3 Å². The van der Waals surface area contributed by atoms with E-state index in [1.165, 1.54) is 16.2 Å². The summed E-state index contributed by atoms with van der Waals surface area (Å²) >= 11 is 0. The highest BCUT2D eigenvalue weighted by Gasteiger charge is 2.17. The third kappa shape index (κ3) is 2.81. The van der Waals surface area contributed by atoms with Crippen LogP contribution in [-0.2, 0) is 0 Å². The maximum absolute atomic E-state index is 4.97. The number of hydrogen-bond donors (Lipinski definition) is 2. The minimum atomic E-state index is 0.298. The van der Waals surface area contributed by atoms with Gasteiger partial charge in [0.15, 0.2) is 0 Å². The van der Waals surface area contributed by atoms with Crippen molar-refractivity contribution < 1.29 is 0 Å². The van der Waals surface area contributed by atoms with Crippen LogP contribution in [0.3, 0.4) is 0 Å². The lowest BCUT2D eigenvalue weighted by atomic mass is 9.94. The van der Waals surface area contributed by atoms with E-state index in [2.05, 4.69) is 99.4 Å². The van der Waals surface area contributed by atoms with Crippen molar-refractivity contribution in [2.45, 2.75) is 19.8 Å². The van der Waals surface area contributed by atoms with E-state index < -0.39 is 0 Å². The molecule has 0 bridgehead atoms. The Morgan fingerprint density at radius 1 is 0.649 bits per heavy atom. The molecule has 0 aliphatic heterocycles. The lowest BCUT2D eigenvalue weighted by Crippen LogP contribution is -1.88. The zero-order valence-electron chi connectivity index (χ0n) is 20.4.